The monoisotopic (exact) mass is 355 g/mol. The molecule has 2 aromatic carbocycles. The van der Waals surface area contributed by atoms with Crippen molar-refractivity contribution in [2.24, 2.45) is 0 Å². The molecule has 138 valence electrons. The van der Waals surface area contributed by atoms with E-state index in [9.17, 15) is 9.59 Å². The molecule has 0 spiro atoms. The molecule has 1 atom stereocenters. The number of ether oxygens (including phenoxy) is 1. The van der Waals surface area contributed by atoms with E-state index in [1.807, 2.05) is 60.7 Å². The Labute approximate surface area is 154 Å². The maximum Gasteiger partial charge on any atom is 0.408 e. The van der Waals surface area contributed by atoms with Crippen LogP contribution in [0.2, 0.25) is 0 Å². The van der Waals surface area contributed by atoms with E-state index in [1.165, 1.54) is 0 Å². The lowest BCUT2D eigenvalue weighted by Gasteiger charge is -2.27. The number of benzene rings is 2. The van der Waals surface area contributed by atoms with Gasteiger partial charge in [-0.3, -0.25) is 15.2 Å². The number of rotatable bonds is 5. The minimum atomic E-state index is -0.764. The summed E-state index contributed by atoms with van der Waals surface area (Å²) in [7, 11) is 0. The van der Waals surface area contributed by atoms with Crippen LogP contribution in [-0.4, -0.2) is 23.6 Å². The molecule has 2 N–H and O–H groups in total. The van der Waals surface area contributed by atoms with Crippen LogP contribution in [0, 0.1) is 0 Å². The van der Waals surface area contributed by atoms with E-state index in [2.05, 4.69) is 10.7 Å². The first-order valence-electron chi connectivity index (χ1n) is 8.46. The van der Waals surface area contributed by atoms with E-state index in [0.29, 0.717) is 0 Å². The highest BCUT2D eigenvalue weighted by molar-refractivity contribution is 5.87. The van der Waals surface area contributed by atoms with Gasteiger partial charge in [0.1, 0.15) is 11.6 Å². The fourth-order valence-electron chi connectivity index (χ4n) is 2.19. The highest BCUT2D eigenvalue weighted by Gasteiger charge is 2.22. The first-order chi connectivity index (χ1) is 12.3. The molecule has 0 fully saturated rings. The first kappa shape index (κ1) is 19.3. The number of para-hydroxylation sites is 2. The van der Waals surface area contributed by atoms with Crippen LogP contribution in [-0.2, 0) is 9.53 Å². The van der Waals surface area contributed by atoms with Crippen molar-refractivity contribution in [1.29, 1.82) is 0 Å². The van der Waals surface area contributed by atoms with Crippen molar-refractivity contribution < 1.29 is 14.3 Å². The summed E-state index contributed by atoms with van der Waals surface area (Å²) in [5.41, 5.74) is 3.82. The molecule has 2 amide bonds. The molecule has 0 saturated heterocycles. The van der Waals surface area contributed by atoms with Crippen molar-refractivity contribution in [1.82, 2.24) is 10.7 Å². The van der Waals surface area contributed by atoms with E-state index >= 15 is 0 Å². The number of alkyl carbamates (subject to hydrolysis) is 1. The summed E-state index contributed by atoms with van der Waals surface area (Å²) >= 11 is 0. The zero-order valence-electron chi connectivity index (χ0n) is 15.5. The van der Waals surface area contributed by atoms with Crippen LogP contribution in [0.25, 0.3) is 0 Å². The summed E-state index contributed by atoms with van der Waals surface area (Å²) in [6.07, 6.45) is -0.633. The second-order valence-electron chi connectivity index (χ2n) is 6.85. The standard InChI is InChI=1S/C20H25N3O3/c1-15(21-19(25)26-20(2,3)4)18(24)22-23(16-11-7-5-8-12-16)17-13-9-6-10-14-17/h5-15H,1-4H3,(H,21,25)(H,22,24)/t15-/m0/s1. The quantitative estimate of drug-likeness (QED) is 0.801. The fraction of sp³-hybridized carbons (Fsp3) is 0.300. The molecule has 2 rings (SSSR count). The number of nitrogens with one attached hydrogen (secondary N) is 2. The zero-order valence-corrected chi connectivity index (χ0v) is 15.5. The third-order valence-electron chi connectivity index (χ3n) is 3.38. The summed E-state index contributed by atoms with van der Waals surface area (Å²) < 4.78 is 5.19. The fourth-order valence-corrected chi connectivity index (χ4v) is 2.19. The number of nitrogens with zero attached hydrogens (tertiary/aromatic N) is 1. The van der Waals surface area contributed by atoms with Crippen LogP contribution in [0.4, 0.5) is 16.2 Å². The van der Waals surface area contributed by atoms with Gasteiger partial charge in [0, 0.05) is 0 Å². The topological polar surface area (TPSA) is 70.7 Å². The number of hydrogen-bond donors (Lipinski definition) is 2. The van der Waals surface area contributed by atoms with Gasteiger partial charge in [-0.05, 0) is 52.0 Å². The number of hydrazine groups is 1. The van der Waals surface area contributed by atoms with Crippen LogP contribution >= 0.6 is 0 Å². The third kappa shape index (κ3) is 5.81. The number of carbonyl (C=O) groups excluding carboxylic acids is 2. The maximum absolute atomic E-state index is 12.6. The van der Waals surface area contributed by atoms with Gasteiger partial charge in [-0.25, -0.2) is 4.79 Å². The SMILES string of the molecule is C[C@H](NC(=O)OC(C)(C)C)C(=O)NN(c1ccccc1)c1ccccc1. The Kier molecular flexibility index (Phi) is 6.22. The van der Waals surface area contributed by atoms with Crippen molar-refractivity contribution in [3.63, 3.8) is 0 Å². The molecule has 0 radical (unpaired) electrons. The predicted octanol–water partition coefficient (Wildman–Crippen LogP) is 3.77. The van der Waals surface area contributed by atoms with E-state index in [0.717, 1.165) is 11.4 Å². The Morgan fingerprint density at radius 2 is 1.38 bits per heavy atom. The second-order valence-corrected chi connectivity index (χ2v) is 6.85. The van der Waals surface area contributed by atoms with Gasteiger partial charge in [-0.1, -0.05) is 36.4 Å². The van der Waals surface area contributed by atoms with Gasteiger partial charge < -0.3 is 10.1 Å². The Balaban J connectivity index is 2.10. The van der Waals surface area contributed by atoms with E-state index in [4.69, 9.17) is 4.74 Å². The highest BCUT2D eigenvalue weighted by atomic mass is 16.6. The summed E-state index contributed by atoms with van der Waals surface area (Å²) in [5, 5.41) is 4.22. The number of carbonyl (C=O) groups is 2. The average molecular weight is 355 g/mol. The molecule has 0 aliphatic rings. The summed E-state index contributed by atoms with van der Waals surface area (Å²) in [4.78, 5) is 24.5. The molecular weight excluding hydrogens is 330 g/mol. The molecule has 26 heavy (non-hydrogen) atoms. The Hall–Kier alpha value is -3.02. The van der Waals surface area contributed by atoms with Gasteiger partial charge >= 0.3 is 6.09 Å². The normalized spacial score (nSPS) is 12.0. The average Bonchev–Trinajstić information content (AvgIpc) is 2.59. The van der Waals surface area contributed by atoms with Crippen molar-refractivity contribution in [3.05, 3.63) is 60.7 Å². The first-order valence-corrected chi connectivity index (χ1v) is 8.46. The van der Waals surface area contributed by atoms with Gasteiger partial charge in [0.25, 0.3) is 5.91 Å². The van der Waals surface area contributed by atoms with Gasteiger partial charge in [-0.2, -0.15) is 0 Å². The molecule has 0 aliphatic carbocycles. The summed E-state index contributed by atoms with van der Waals surface area (Å²) in [6, 6.07) is 18.2. The molecule has 2 aromatic rings. The Bertz CT molecular complexity index is 687. The van der Waals surface area contributed by atoms with Crippen molar-refractivity contribution in [2.45, 2.75) is 39.3 Å². The van der Waals surface area contributed by atoms with Gasteiger partial charge in [-0.15, -0.1) is 0 Å². The summed E-state index contributed by atoms with van der Waals surface area (Å²) in [6.45, 7) is 6.91. The van der Waals surface area contributed by atoms with Crippen molar-refractivity contribution in [2.75, 3.05) is 5.01 Å². The number of anilines is 2. The molecule has 0 aliphatic heterocycles. The largest absolute Gasteiger partial charge is 0.444 e. The lowest BCUT2D eigenvalue weighted by atomic mass is 10.2. The molecule has 6 heteroatoms. The highest BCUT2D eigenvalue weighted by Crippen LogP contribution is 2.22. The predicted molar refractivity (Wildman–Crippen MR) is 102 cm³/mol. The number of amides is 2. The summed E-state index contributed by atoms with van der Waals surface area (Å²) in [5.74, 6) is -0.358. The van der Waals surface area contributed by atoms with Crippen LogP contribution in [0.3, 0.4) is 0 Å². The lowest BCUT2D eigenvalue weighted by molar-refractivity contribution is -0.122. The van der Waals surface area contributed by atoms with E-state index in [-0.39, 0.29) is 5.91 Å². The van der Waals surface area contributed by atoms with Crippen LogP contribution in [0.5, 0.6) is 0 Å². The van der Waals surface area contributed by atoms with Crippen LogP contribution < -0.4 is 15.8 Å². The van der Waals surface area contributed by atoms with Gasteiger partial charge in [0.2, 0.25) is 0 Å². The molecule has 0 bridgehead atoms. The Morgan fingerprint density at radius 1 is 0.923 bits per heavy atom. The van der Waals surface area contributed by atoms with E-state index < -0.39 is 17.7 Å². The van der Waals surface area contributed by atoms with Crippen LogP contribution in [0.15, 0.2) is 60.7 Å². The molecule has 0 aromatic heterocycles. The maximum atomic E-state index is 12.6. The van der Waals surface area contributed by atoms with Crippen LogP contribution in [0.1, 0.15) is 27.7 Å². The smallest absolute Gasteiger partial charge is 0.408 e. The van der Waals surface area contributed by atoms with Crippen molar-refractivity contribution in [3.8, 4) is 0 Å². The molecule has 0 heterocycles. The second kappa shape index (κ2) is 8.38. The minimum absolute atomic E-state index is 0.358. The molecule has 0 unspecified atom stereocenters. The minimum Gasteiger partial charge on any atom is -0.444 e. The molecular formula is C20H25N3O3. The Morgan fingerprint density at radius 3 is 1.81 bits per heavy atom. The van der Waals surface area contributed by atoms with E-state index in [1.54, 1.807) is 32.7 Å². The number of hydrogen-bond acceptors (Lipinski definition) is 4. The lowest BCUT2D eigenvalue weighted by Crippen LogP contribution is -2.50. The molecule has 0 saturated carbocycles. The van der Waals surface area contributed by atoms with Crippen molar-refractivity contribution >= 4 is 23.4 Å². The van der Waals surface area contributed by atoms with Gasteiger partial charge in [0.15, 0.2) is 0 Å². The molecule has 6 nitrogen and oxygen atoms in total. The van der Waals surface area contributed by atoms with Gasteiger partial charge in [0.05, 0.1) is 11.4 Å². The third-order valence-corrected chi connectivity index (χ3v) is 3.38. The zero-order chi connectivity index (χ0) is 19.2.